The van der Waals surface area contributed by atoms with E-state index in [-0.39, 0.29) is 17.9 Å². The van der Waals surface area contributed by atoms with Crippen molar-refractivity contribution in [1.82, 2.24) is 10.2 Å². The highest BCUT2D eigenvalue weighted by molar-refractivity contribution is 5.93. The Labute approximate surface area is 181 Å². The Hall–Kier alpha value is -3.12. The van der Waals surface area contributed by atoms with Crippen molar-refractivity contribution in [2.75, 3.05) is 20.2 Å². The molecule has 31 heavy (non-hydrogen) atoms. The topological polar surface area (TPSA) is 67.9 Å². The fraction of sp³-hybridized carbons (Fsp3) is 0.360. The molecule has 160 valence electrons. The fourth-order valence-electron chi connectivity index (χ4n) is 5.03. The second kappa shape index (κ2) is 7.85. The Balaban J connectivity index is 1.25. The lowest BCUT2D eigenvalue weighted by Gasteiger charge is -2.23. The summed E-state index contributed by atoms with van der Waals surface area (Å²) in [6.07, 6.45) is 4.40. The van der Waals surface area contributed by atoms with Gasteiger partial charge in [0.05, 0.1) is 31.6 Å². The molecule has 0 saturated carbocycles. The number of rotatable bonds is 7. The molecule has 6 heteroatoms. The Kier molecular flexibility index (Phi) is 5.02. The molecule has 1 spiro atoms. The summed E-state index contributed by atoms with van der Waals surface area (Å²) in [6, 6.07) is 17.7. The zero-order chi connectivity index (χ0) is 21.4. The van der Waals surface area contributed by atoms with Crippen molar-refractivity contribution in [2.24, 2.45) is 11.8 Å². The van der Waals surface area contributed by atoms with Crippen LogP contribution in [-0.2, 0) is 27.3 Å². The number of nitrogens with one attached hydrogen (secondary N) is 1. The van der Waals surface area contributed by atoms with Crippen LogP contribution in [0.3, 0.4) is 0 Å². The third kappa shape index (κ3) is 3.51. The highest BCUT2D eigenvalue weighted by atomic mass is 16.5. The largest absolute Gasteiger partial charge is 0.497 e. The molecule has 6 nitrogen and oxygen atoms in total. The summed E-state index contributed by atoms with van der Waals surface area (Å²) in [6.45, 7) is 1.54. The molecule has 3 unspecified atom stereocenters. The molecule has 3 heterocycles. The van der Waals surface area contributed by atoms with Crippen LogP contribution in [0.1, 0.15) is 11.1 Å². The van der Waals surface area contributed by atoms with E-state index in [0.717, 1.165) is 17.7 Å². The summed E-state index contributed by atoms with van der Waals surface area (Å²) < 4.78 is 11.4. The van der Waals surface area contributed by atoms with Crippen LogP contribution in [0.2, 0.25) is 0 Å². The van der Waals surface area contributed by atoms with Crippen LogP contribution < -0.4 is 10.1 Å². The minimum Gasteiger partial charge on any atom is -0.497 e. The van der Waals surface area contributed by atoms with E-state index >= 15 is 0 Å². The van der Waals surface area contributed by atoms with E-state index < -0.39 is 17.4 Å². The predicted molar refractivity (Wildman–Crippen MR) is 115 cm³/mol. The summed E-state index contributed by atoms with van der Waals surface area (Å²) in [5, 5.41) is 3.00. The number of hydrogen-bond acceptors (Lipinski definition) is 4. The van der Waals surface area contributed by atoms with Crippen molar-refractivity contribution in [3.05, 3.63) is 77.9 Å². The van der Waals surface area contributed by atoms with Gasteiger partial charge in [-0.2, -0.15) is 0 Å². The molecule has 2 aromatic carbocycles. The van der Waals surface area contributed by atoms with Crippen LogP contribution in [0, 0.1) is 11.8 Å². The van der Waals surface area contributed by atoms with Gasteiger partial charge < -0.3 is 19.7 Å². The zero-order valence-electron chi connectivity index (χ0n) is 17.5. The number of nitrogens with zero attached hydrogens (tertiary/aromatic N) is 1. The second-order valence-corrected chi connectivity index (χ2v) is 8.46. The number of benzene rings is 2. The van der Waals surface area contributed by atoms with Gasteiger partial charge in [-0.05, 0) is 29.7 Å². The Morgan fingerprint density at radius 3 is 2.68 bits per heavy atom. The molecule has 4 atom stereocenters. The first-order valence-corrected chi connectivity index (χ1v) is 10.7. The van der Waals surface area contributed by atoms with Gasteiger partial charge in [-0.3, -0.25) is 9.59 Å². The van der Waals surface area contributed by atoms with E-state index in [9.17, 15) is 9.59 Å². The van der Waals surface area contributed by atoms with Crippen molar-refractivity contribution >= 4 is 11.8 Å². The van der Waals surface area contributed by atoms with Gasteiger partial charge in [0.25, 0.3) is 0 Å². The number of likely N-dealkylation sites (tertiary alicyclic amines) is 1. The van der Waals surface area contributed by atoms with E-state index in [1.807, 2.05) is 59.5 Å². The average Bonchev–Trinajstić information content (AvgIpc) is 3.45. The van der Waals surface area contributed by atoms with E-state index in [0.29, 0.717) is 19.6 Å². The van der Waals surface area contributed by atoms with E-state index in [1.165, 1.54) is 5.56 Å². The standard InChI is InChI=1S/C25H26N2O4/c1-30-19-9-7-18(8-10-19)15-26-23(28)21-20-11-13-25(31-20)16-27(24(29)22(21)25)14-12-17-5-3-2-4-6-17/h2-11,13,20-22H,12,14-16H2,1H3,(H,26,28)/t20?,21?,22?,25-/m0/s1. The molecule has 5 rings (SSSR count). The first-order valence-electron chi connectivity index (χ1n) is 10.7. The van der Waals surface area contributed by atoms with E-state index in [1.54, 1.807) is 7.11 Å². The predicted octanol–water partition coefficient (Wildman–Crippen LogP) is 2.34. The SMILES string of the molecule is COc1ccc(CNC(=O)C2C3C=C[C@@]4(CN(CCc5ccccc5)C(=O)C24)O3)cc1. The third-order valence-electron chi connectivity index (χ3n) is 6.62. The monoisotopic (exact) mass is 418 g/mol. The molecular formula is C25H26N2O4. The molecule has 2 saturated heterocycles. The molecule has 2 fully saturated rings. The summed E-state index contributed by atoms with van der Waals surface area (Å²) in [7, 11) is 1.62. The van der Waals surface area contributed by atoms with E-state index in [2.05, 4.69) is 17.4 Å². The summed E-state index contributed by atoms with van der Waals surface area (Å²) in [4.78, 5) is 28.2. The average molecular weight is 418 g/mol. The van der Waals surface area contributed by atoms with Crippen molar-refractivity contribution in [3.63, 3.8) is 0 Å². The van der Waals surface area contributed by atoms with Crippen molar-refractivity contribution < 1.29 is 19.1 Å². The third-order valence-corrected chi connectivity index (χ3v) is 6.62. The molecule has 3 aliphatic rings. The second-order valence-electron chi connectivity index (χ2n) is 8.46. The van der Waals surface area contributed by atoms with Gasteiger partial charge in [-0.15, -0.1) is 0 Å². The van der Waals surface area contributed by atoms with Gasteiger partial charge in [-0.25, -0.2) is 0 Å². The van der Waals surface area contributed by atoms with Gasteiger partial charge in [0.15, 0.2) is 0 Å². The molecule has 2 amide bonds. The van der Waals surface area contributed by atoms with Gasteiger partial charge in [0.1, 0.15) is 11.4 Å². The highest BCUT2D eigenvalue weighted by Crippen LogP contribution is 2.51. The maximum Gasteiger partial charge on any atom is 0.230 e. The lowest BCUT2D eigenvalue weighted by Crippen LogP contribution is -2.44. The van der Waals surface area contributed by atoms with Crippen molar-refractivity contribution in [2.45, 2.75) is 24.7 Å². The maximum atomic E-state index is 13.3. The van der Waals surface area contributed by atoms with Gasteiger partial charge in [-0.1, -0.05) is 54.6 Å². The van der Waals surface area contributed by atoms with Crippen LogP contribution in [0.25, 0.3) is 0 Å². The summed E-state index contributed by atoms with van der Waals surface area (Å²) in [5.41, 5.74) is 1.51. The van der Waals surface area contributed by atoms with Crippen LogP contribution in [0.5, 0.6) is 5.75 Å². The number of carbonyl (C=O) groups is 2. The van der Waals surface area contributed by atoms with Crippen molar-refractivity contribution in [3.8, 4) is 5.75 Å². The smallest absolute Gasteiger partial charge is 0.230 e. The maximum absolute atomic E-state index is 13.3. The van der Waals surface area contributed by atoms with Crippen LogP contribution in [0.15, 0.2) is 66.7 Å². The van der Waals surface area contributed by atoms with Crippen LogP contribution in [-0.4, -0.2) is 48.6 Å². The summed E-state index contributed by atoms with van der Waals surface area (Å²) in [5.74, 6) is -0.273. The minimum atomic E-state index is -0.666. The lowest BCUT2D eigenvalue weighted by atomic mass is 9.77. The Bertz CT molecular complexity index is 1000. The zero-order valence-corrected chi connectivity index (χ0v) is 17.5. The Morgan fingerprint density at radius 2 is 1.94 bits per heavy atom. The summed E-state index contributed by atoms with van der Waals surface area (Å²) >= 11 is 0. The van der Waals surface area contributed by atoms with Crippen LogP contribution in [0.4, 0.5) is 0 Å². The molecule has 2 bridgehead atoms. The number of methoxy groups -OCH3 is 1. The normalized spacial score (nSPS) is 28.1. The molecular weight excluding hydrogens is 392 g/mol. The van der Waals surface area contributed by atoms with E-state index in [4.69, 9.17) is 9.47 Å². The lowest BCUT2D eigenvalue weighted by molar-refractivity contribution is -0.137. The first-order chi connectivity index (χ1) is 15.1. The number of fused-ring (bicyclic) bond motifs is 1. The quantitative estimate of drug-likeness (QED) is 0.701. The molecule has 0 aliphatic carbocycles. The highest BCUT2D eigenvalue weighted by Gasteiger charge is 2.66. The Morgan fingerprint density at radius 1 is 1.16 bits per heavy atom. The minimum absolute atomic E-state index is 0.0207. The molecule has 2 aromatic rings. The molecule has 0 radical (unpaired) electrons. The molecule has 1 N–H and O–H groups in total. The van der Waals surface area contributed by atoms with Gasteiger partial charge in [0, 0.05) is 13.1 Å². The fourth-order valence-corrected chi connectivity index (χ4v) is 5.03. The number of carbonyl (C=O) groups excluding carboxylic acids is 2. The number of amides is 2. The van der Waals surface area contributed by atoms with Gasteiger partial charge >= 0.3 is 0 Å². The molecule has 0 aromatic heterocycles. The first kappa shape index (κ1) is 19.8. The van der Waals surface area contributed by atoms with Gasteiger partial charge in [0.2, 0.25) is 11.8 Å². The number of ether oxygens (including phenoxy) is 2. The number of hydrogen-bond donors (Lipinski definition) is 1. The van der Waals surface area contributed by atoms with Crippen LogP contribution >= 0.6 is 0 Å². The molecule has 3 aliphatic heterocycles. The van der Waals surface area contributed by atoms with Crippen molar-refractivity contribution in [1.29, 1.82) is 0 Å².